The Bertz CT molecular complexity index is 1140. The SMILES string of the molecule is Cc1ccc(N2C(=O)C(=Cc3cc(F)c(N4CCCC4)cc3C)C(=O)NC2=S)c(C)c1. The number of carbonyl (C=O) groups is 2. The Morgan fingerprint density at radius 2 is 1.71 bits per heavy atom. The number of rotatable bonds is 3. The van der Waals surface area contributed by atoms with Crippen molar-refractivity contribution in [2.75, 3.05) is 22.9 Å². The standard InChI is InChI=1S/C24H24FN3O2S/c1-14-6-7-20(16(3)10-14)28-23(30)18(22(29)26-24(28)31)12-17-13-19(25)21(11-15(17)2)27-8-4-5-9-27/h6-7,10-13H,4-5,8-9H2,1-3H3,(H,26,29,31). The van der Waals surface area contributed by atoms with E-state index >= 15 is 0 Å². The van der Waals surface area contributed by atoms with E-state index in [1.54, 1.807) is 12.1 Å². The monoisotopic (exact) mass is 437 g/mol. The third-order valence-corrected chi connectivity index (χ3v) is 6.06. The molecule has 1 N–H and O–H groups in total. The van der Waals surface area contributed by atoms with E-state index in [1.807, 2.05) is 37.8 Å². The molecule has 2 aromatic carbocycles. The highest BCUT2D eigenvalue weighted by atomic mass is 32.1. The fourth-order valence-electron chi connectivity index (χ4n) is 4.13. The molecule has 2 aliphatic heterocycles. The van der Waals surface area contributed by atoms with E-state index in [9.17, 15) is 14.0 Å². The first-order valence-electron chi connectivity index (χ1n) is 10.3. The zero-order valence-corrected chi connectivity index (χ0v) is 18.6. The molecule has 0 spiro atoms. The number of nitrogens with zero attached hydrogens (tertiary/aromatic N) is 2. The summed E-state index contributed by atoms with van der Waals surface area (Å²) in [6.45, 7) is 7.36. The minimum absolute atomic E-state index is 0.0337. The van der Waals surface area contributed by atoms with Gasteiger partial charge in [-0.25, -0.2) is 4.39 Å². The molecule has 2 fully saturated rings. The normalized spacial score (nSPS) is 18.2. The van der Waals surface area contributed by atoms with E-state index in [0.717, 1.165) is 42.6 Å². The molecule has 7 heteroatoms. The van der Waals surface area contributed by atoms with Crippen LogP contribution in [0.15, 0.2) is 35.9 Å². The van der Waals surface area contributed by atoms with E-state index in [1.165, 1.54) is 17.0 Å². The Hall–Kier alpha value is -3.06. The molecular weight excluding hydrogens is 413 g/mol. The lowest BCUT2D eigenvalue weighted by atomic mass is 10.0. The molecule has 0 saturated carbocycles. The van der Waals surface area contributed by atoms with Crippen molar-refractivity contribution in [1.29, 1.82) is 0 Å². The second kappa shape index (κ2) is 8.23. The fourth-order valence-corrected chi connectivity index (χ4v) is 4.40. The summed E-state index contributed by atoms with van der Waals surface area (Å²) >= 11 is 5.28. The number of anilines is 2. The molecule has 5 nitrogen and oxygen atoms in total. The summed E-state index contributed by atoms with van der Waals surface area (Å²) in [5.41, 5.74) is 4.30. The Morgan fingerprint density at radius 1 is 1.00 bits per heavy atom. The smallest absolute Gasteiger partial charge is 0.270 e. The second-order valence-electron chi connectivity index (χ2n) is 8.10. The van der Waals surface area contributed by atoms with Gasteiger partial charge < -0.3 is 4.90 Å². The number of aryl methyl sites for hydroxylation is 3. The molecule has 2 aliphatic rings. The molecule has 0 aromatic heterocycles. The lowest BCUT2D eigenvalue weighted by molar-refractivity contribution is -0.122. The Labute approximate surface area is 186 Å². The molecule has 0 atom stereocenters. The van der Waals surface area contributed by atoms with Crippen LogP contribution in [0.25, 0.3) is 6.08 Å². The molecule has 0 unspecified atom stereocenters. The van der Waals surface area contributed by atoms with Crippen LogP contribution in [0.1, 0.15) is 35.1 Å². The average Bonchev–Trinajstić information content (AvgIpc) is 3.23. The summed E-state index contributed by atoms with van der Waals surface area (Å²) in [5.74, 6) is -1.46. The van der Waals surface area contributed by atoms with Gasteiger partial charge >= 0.3 is 0 Å². The van der Waals surface area contributed by atoms with Crippen LogP contribution in [0, 0.1) is 26.6 Å². The zero-order chi connectivity index (χ0) is 22.3. The van der Waals surface area contributed by atoms with Crippen LogP contribution in [0.3, 0.4) is 0 Å². The lowest BCUT2D eigenvalue weighted by Gasteiger charge is -2.30. The minimum Gasteiger partial charge on any atom is -0.369 e. The largest absolute Gasteiger partial charge is 0.369 e. The fraction of sp³-hybridized carbons (Fsp3) is 0.292. The second-order valence-corrected chi connectivity index (χ2v) is 8.49. The summed E-state index contributed by atoms with van der Waals surface area (Å²) in [4.78, 5) is 29.2. The number of halogens is 1. The molecule has 31 heavy (non-hydrogen) atoms. The van der Waals surface area contributed by atoms with E-state index in [4.69, 9.17) is 12.2 Å². The Morgan fingerprint density at radius 3 is 2.39 bits per heavy atom. The number of carbonyl (C=O) groups excluding carboxylic acids is 2. The first-order chi connectivity index (χ1) is 14.8. The molecular formula is C24H24FN3O2S. The highest BCUT2D eigenvalue weighted by molar-refractivity contribution is 7.80. The molecule has 2 aromatic rings. The van der Waals surface area contributed by atoms with Gasteiger partial charge in [-0.05, 0) is 86.8 Å². The van der Waals surface area contributed by atoms with E-state index in [0.29, 0.717) is 16.9 Å². The molecule has 0 bridgehead atoms. The number of hydrogen-bond acceptors (Lipinski definition) is 4. The predicted molar refractivity (Wildman–Crippen MR) is 125 cm³/mol. The van der Waals surface area contributed by atoms with Crippen LogP contribution < -0.4 is 15.1 Å². The van der Waals surface area contributed by atoms with Crippen LogP contribution in [-0.4, -0.2) is 30.0 Å². The van der Waals surface area contributed by atoms with Crippen molar-refractivity contribution in [2.45, 2.75) is 33.6 Å². The van der Waals surface area contributed by atoms with Gasteiger partial charge in [0.1, 0.15) is 11.4 Å². The van der Waals surface area contributed by atoms with Crippen molar-refractivity contribution in [3.05, 3.63) is 64.0 Å². The third kappa shape index (κ3) is 3.97. The number of hydrogen-bond donors (Lipinski definition) is 1. The van der Waals surface area contributed by atoms with E-state index in [2.05, 4.69) is 5.32 Å². The van der Waals surface area contributed by atoms with Crippen LogP contribution in [0.5, 0.6) is 0 Å². The van der Waals surface area contributed by atoms with Gasteiger partial charge in [0.25, 0.3) is 11.8 Å². The van der Waals surface area contributed by atoms with Crippen molar-refractivity contribution >= 4 is 46.6 Å². The van der Waals surface area contributed by atoms with Gasteiger partial charge in [0.2, 0.25) is 0 Å². The average molecular weight is 438 g/mol. The van der Waals surface area contributed by atoms with Crippen molar-refractivity contribution in [1.82, 2.24) is 5.32 Å². The Balaban J connectivity index is 1.72. The molecule has 2 saturated heterocycles. The van der Waals surface area contributed by atoms with Crippen LogP contribution in [-0.2, 0) is 9.59 Å². The van der Waals surface area contributed by atoms with E-state index in [-0.39, 0.29) is 16.5 Å². The van der Waals surface area contributed by atoms with Crippen LogP contribution in [0.2, 0.25) is 0 Å². The molecule has 2 heterocycles. The maximum absolute atomic E-state index is 14.8. The van der Waals surface area contributed by atoms with Gasteiger partial charge in [-0.1, -0.05) is 17.7 Å². The molecule has 0 aliphatic carbocycles. The maximum Gasteiger partial charge on any atom is 0.270 e. The lowest BCUT2D eigenvalue weighted by Crippen LogP contribution is -2.54. The first kappa shape index (κ1) is 21.2. The summed E-state index contributed by atoms with van der Waals surface area (Å²) in [7, 11) is 0. The maximum atomic E-state index is 14.8. The number of amides is 2. The number of benzene rings is 2. The number of nitrogens with one attached hydrogen (secondary N) is 1. The van der Waals surface area contributed by atoms with Crippen molar-refractivity contribution in [3.63, 3.8) is 0 Å². The van der Waals surface area contributed by atoms with Gasteiger partial charge in [-0.3, -0.25) is 19.8 Å². The third-order valence-electron chi connectivity index (χ3n) is 5.78. The van der Waals surface area contributed by atoms with E-state index < -0.39 is 11.8 Å². The van der Waals surface area contributed by atoms with Gasteiger partial charge in [-0.15, -0.1) is 0 Å². The quantitative estimate of drug-likeness (QED) is 0.445. The van der Waals surface area contributed by atoms with Gasteiger partial charge in [0.15, 0.2) is 5.11 Å². The summed E-state index contributed by atoms with van der Waals surface area (Å²) in [6, 6.07) is 8.81. The van der Waals surface area contributed by atoms with Gasteiger partial charge in [-0.2, -0.15) is 0 Å². The minimum atomic E-state index is -0.584. The van der Waals surface area contributed by atoms with Crippen LogP contribution >= 0.6 is 12.2 Å². The van der Waals surface area contributed by atoms with Crippen molar-refractivity contribution in [3.8, 4) is 0 Å². The molecule has 4 rings (SSSR count). The zero-order valence-electron chi connectivity index (χ0n) is 17.8. The van der Waals surface area contributed by atoms with Gasteiger partial charge in [0, 0.05) is 13.1 Å². The van der Waals surface area contributed by atoms with Crippen molar-refractivity contribution < 1.29 is 14.0 Å². The number of thiocarbonyl (C=S) groups is 1. The molecule has 160 valence electrons. The van der Waals surface area contributed by atoms with Crippen LogP contribution in [0.4, 0.5) is 15.8 Å². The predicted octanol–water partition coefficient (Wildman–Crippen LogP) is 4.18. The van der Waals surface area contributed by atoms with Gasteiger partial charge in [0.05, 0.1) is 11.4 Å². The van der Waals surface area contributed by atoms with Crippen molar-refractivity contribution in [2.24, 2.45) is 0 Å². The summed E-state index contributed by atoms with van der Waals surface area (Å²) < 4.78 is 14.8. The topological polar surface area (TPSA) is 52.7 Å². The highest BCUT2D eigenvalue weighted by Crippen LogP contribution is 2.30. The Kier molecular flexibility index (Phi) is 5.62. The first-order valence-corrected chi connectivity index (χ1v) is 10.7. The molecule has 2 amide bonds. The highest BCUT2D eigenvalue weighted by Gasteiger charge is 2.35. The molecule has 0 radical (unpaired) electrons. The summed E-state index contributed by atoms with van der Waals surface area (Å²) in [6.07, 6.45) is 3.54. The summed E-state index contributed by atoms with van der Waals surface area (Å²) in [5, 5.41) is 2.62.